The van der Waals surface area contributed by atoms with Gasteiger partial charge in [-0.3, -0.25) is 19.4 Å². The Morgan fingerprint density at radius 2 is 1.63 bits per heavy atom. The maximum Gasteiger partial charge on any atom is 0.259 e. The second-order valence-electron chi connectivity index (χ2n) is 6.88. The van der Waals surface area contributed by atoms with E-state index in [2.05, 4.69) is 9.69 Å². The average Bonchev–Trinajstić information content (AvgIpc) is 2.89. The molecule has 1 aliphatic carbocycles. The highest BCUT2D eigenvalue weighted by Crippen LogP contribution is 2.48. The van der Waals surface area contributed by atoms with Crippen molar-refractivity contribution < 1.29 is 4.79 Å². The second-order valence-corrected chi connectivity index (χ2v) is 7.24. The minimum Gasteiger partial charge on any atom is -0.303 e. The number of aryl methyl sites for hydroxylation is 1. The maximum atomic E-state index is 13.4. The first-order valence-corrected chi connectivity index (χ1v) is 9.07. The Morgan fingerprint density at radius 1 is 1.00 bits per heavy atom. The number of rotatable bonds is 2. The first-order valence-electron chi connectivity index (χ1n) is 8.66. The van der Waals surface area contributed by atoms with Gasteiger partial charge >= 0.3 is 0 Å². The summed E-state index contributed by atoms with van der Waals surface area (Å²) in [6.07, 6.45) is 2.49. The minimum atomic E-state index is -0.636. The van der Waals surface area contributed by atoms with E-state index >= 15 is 0 Å². The van der Waals surface area contributed by atoms with E-state index in [1.54, 1.807) is 18.2 Å². The lowest BCUT2D eigenvalue weighted by molar-refractivity contribution is -0.123. The number of nitrogens with zero attached hydrogens (tertiary/aromatic N) is 4. The molecule has 0 unspecified atom stereocenters. The van der Waals surface area contributed by atoms with E-state index in [4.69, 9.17) is 25.4 Å². The molecule has 1 spiro atoms. The van der Waals surface area contributed by atoms with Crippen LogP contribution in [0.15, 0.2) is 42.5 Å². The van der Waals surface area contributed by atoms with Gasteiger partial charge in [-0.25, -0.2) is 0 Å². The molecule has 4 rings (SSSR count). The van der Waals surface area contributed by atoms with Gasteiger partial charge < -0.3 is 4.90 Å². The Bertz CT molecular complexity index is 1040. The number of carbonyl (C=O) groups is 1. The molecule has 0 aromatic heterocycles. The first kappa shape index (κ1) is 17.2. The third-order valence-electron chi connectivity index (χ3n) is 5.34. The van der Waals surface area contributed by atoms with Gasteiger partial charge in [0.25, 0.3) is 5.91 Å². The van der Waals surface area contributed by atoms with Crippen molar-refractivity contribution in [2.75, 3.05) is 9.80 Å². The van der Waals surface area contributed by atoms with E-state index in [9.17, 15) is 4.79 Å². The average molecular weight is 372 g/mol. The molecule has 0 radical (unpaired) electrons. The summed E-state index contributed by atoms with van der Waals surface area (Å²) in [5.41, 5.74) is 2.47. The van der Waals surface area contributed by atoms with Gasteiger partial charge in [0.15, 0.2) is 16.5 Å². The fourth-order valence-electron chi connectivity index (χ4n) is 3.74. The summed E-state index contributed by atoms with van der Waals surface area (Å²) in [7, 11) is 0. The lowest BCUT2D eigenvalue weighted by Crippen LogP contribution is -2.55. The van der Waals surface area contributed by atoms with E-state index in [-0.39, 0.29) is 17.3 Å². The van der Waals surface area contributed by atoms with E-state index < -0.39 is 5.54 Å². The number of amides is 1. The molecule has 0 atom stereocenters. The third kappa shape index (κ3) is 2.42. The summed E-state index contributed by atoms with van der Waals surface area (Å²) in [4.78, 5) is 23.7. The van der Waals surface area contributed by atoms with Crippen LogP contribution in [0.25, 0.3) is 9.69 Å². The molecule has 2 aromatic carbocycles. The van der Waals surface area contributed by atoms with Crippen LogP contribution < -0.4 is 9.80 Å². The molecule has 5 nitrogen and oxygen atoms in total. The van der Waals surface area contributed by atoms with Crippen LogP contribution in [0, 0.1) is 20.1 Å². The molecular weight excluding hydrogens is 356 g/mol. The highest BCUT2D eigenvalue weighted by Gasteiger charge is 2.59. The highest BCUT2D eigenvalue weighted by atomic mass is 32.1. The van der Waals surface area contributed by atoms with Gasteiger partial charge in [0, 0.05) is 11.4 Å². The van der Waals surface area contributed by atoms with Gasteiger partial charge in [0.2, 0.25) is 0 Å². The Morgan fingerprint density at radius 3 is 2.19 bits per heavy atom. The number of hydrogen-bond donors (Lipinski definition) is 0. The van der Waals surface area contributed by atoms with Gasteiger partial charge in [0.05, 0.1) is 13.1 Å². The van der Waals surface area contributed by atoms with Crippen LogP contribution in [0.5, 0.6) is 0 Å². The molecule has 0 bridgehead atoms. The Kier molecular flexibility index (Phi) is 3.95. The van der Waals surface area contributed by atoms with Crippen molar-refractivity contribution in [1.29, 1.82) is 0 Å². The van der Waals surface area contributed by atoms with Crippen molar-refractivity contribution in [3.63, 3.8) is 0 Å². The monoisotopic (exact) mass is 372 g/mol. The van der Waals surface area contributed by atoms with Crippen LogP contribution in [0.4, 0.5) is 22.7 Å². The zero-order valence-corrected chi connectivity index (χ0v) is 15.6. The molecule has 2 fully saturated rings. The maximum absolute atomic E-state index is 13.4. The quantitative estimate of drug-likeness (QED) is 0.539. The van der Waals surface area contributed by atoms with Crippen LogP contribution in [-0.4, -0.2) is 16.6 Å². The fourth-order valence-corrected chi connectivity index (χ4v) is 4.21. The van der Waals surface area contributed by atoms with E-state index in [0.29, 0.717) is 10.8 Å². The summed E-state index contributed by atoms with van der Waals surface area (Å²) >= 11 is 5.72. The van der Waals surface area contributed by atoms with Crippen molar-refractivity contribution in [3.8, 4) is 0 Å². The van der Waals surface area contributed by atoms with E-state index in [1.807, 2.05) is 36.1 Å². The summed E-state index contributed by atoms with van der Waals surface area (Å²) in [5, 5.41) is 0.426. The summed E-state index contributed by atoms with van der Waals surface area (Å²) in [5.74, 6) is -0.0502. The molecule has 2 aliphatic rings. The minimum absolute atomic E-state index is 0.0502. The van der Waals surface area contributed by atoms with Gasteiger partial charge in [-0.15, -0.1) is 0 Å². The predicted molar refractivity (Wildman–Crippen MR) is 109 cm³/mol. The van der Waals surface area contributed by atoms with E-state index in [0.717, 1.165) is 30.5 Å². The molecule has 1 amide bonds. The zero-order chi connectivity index (χ0) is 19.2. The molecular formula is C21H16N4OS. The number of thiocarbonyl (C=S) groups is 1. The van der Waals surface area contributed by atoms with Gasteiger partial charge in [-0.1, -0.05) is 29.8 Å². The molecule has 1 saturated heterocycles. The number of hydrogen-bond acceptors (Lipinski definition) is 2. The molecule has 6 heteroatoms. The normalized spacial score (nSPS) is 17.6. The van der Waals surface area contributed by atoms with E-state index in [1.165, 1.54) is 4.90 Å². The van der Waals surface area contributed by atoms with Crippen molar-refractivity contribution in [1.82, 2.24) is 0 Å². The standard InChI is InChI=1S/C21H16N4OS/c1-14-5-7-15(8-6-14)25-20(27)24(19(26)21(25)11-4-12-21)16-9-10-17(22-2)18(13-16)23-3/h5-10,13H,4,11-12H2,1H3. The Hall–Kier alpha value is -3.22. The van der Waals surface area contributed by atoms with Crippen molar-refractivity contribution in [3.05, 3.63) is 70.9 Å². The Balaban J connectivity index is 1.81. The molecule has 27 heavy (non-hydrogen) atoms. The van der Waals surface area contributed by atoms with Crippen LogP contribution in [0.1, 0.15) is 24.8 Å². The zero-order valence-electron chi connectivity index (χ0n) is 14.8. The predicted octanol–water partition coefficient (Wildman–Crippen LogP) is 5.16. The highest BCUT2D eigenvalue weighted by molar-refractivity contribution is 7.81. The lowest BCUT2D eigenvalue weighted by atomic mass is 9.75. The van der Waals surface area contributed by atoms with Crippen LogP contribution in [0.2, 0.25) is 0 Å². The summed E-state index contributed by atoms with van der Waals surface area (Å²) < 4.78 is 0. The largest absolute Gasteiger partial charge is 0.303 e. The lowest BCUT2D eigenvalue weighted by Gasteiger charge is -2.43. The SMILES string of the molecule is [C-]#[N+]c1ccc(N2C(=O)C3(CCC3)N(c3ccc(C)cc3)C2=S)cc1[N+]#[C-]. The van der Waals surface area contributed by atoms with Crippen LogP contribution in [-0.2, 0) is 4.79 Å². The molecule has 132 valence electrons. The number of benzene rings is 2. The van der Waals surface area contributed by atoms with Gasteiger partial charge in [-0.05, 0) is 56.6 Å². The van der Waals surface area contributed by atoms with Crippen LogP contribution in [0.3, 0.4) is 0 Å². The third-order valence-corrected chi connectivity index (χ3v) is 5.71. The smallest absolute Gasteiger partial charge is 0.259 e. The van der Waals surface area contributed by atoms with Crippen LogP contribution >= 0.6 is 12.2 Å². The summed E-state index contributed by atoms with van der Waals surface area (Å²) in [6.45, 7) is 16.5. The fraction of sp³-hybridized carbons (Fsp3) is 0.238. The second kappa shape index (κ2) is 6.19. The summed E-state index contributed by atoms with van der Waals surface area (Å²) in [6, 6.07) is 12.9. The first-order chi connectivity index (χ1) is 13.0. The number of carbonyl (C=O) groups excluding carboxylic acids is 1. The van der Waals surface area contributed by atoms with Crippen molar-refractivity contribution >= 4 is 46.0 Å². The Labute approximate surface area is 163 Å². The van der Waals surface area contributed by atoms with Crippen molar-refractivity contribution in [2.24, 2.45) is 0 Å². The molecule has 1 saturated carbocycles. The topological polar surface area (TPSA) is 32.3 Å². The number of anilines is 2. The van der Waals surface area contributed by atoms with Gasteiger partial charge in [-0.2, -0.15) is 0 Å². The van der Waals surface area contributed by atoms with Gasteiger partial charge in [0.1, 0.15) is 5.54 Å². The molecule has 1 aliphatic heterocycles. The molecule has 0 N–H and O–H groups in total. The molecule has 2 aromatic rings. The van der Waals surface area contributed by atoms with Crippen molar-refractivity contribution in [2.45, 2.75) is 31.7 Å². The molecule has 1 heterocycles.